The number of rotatable bonds is 25. The van der Waals surface area contributed by atoms with Crippen molar-refractivity contribution in [1.29, 1.82) is 0 Å². The van der Waals surface area contributed by atoms with E-state index in [0.717, 1.165) is 23.7 Å². The number of unbranched alkanes of at least 4 members (excludes halogenated alkanes) is 13. The fourth-order valence-electron chi connectivity index (χ4n) is 7.59. The first-order chi connectivity index (χ1) is 21.7. The van der Waals surface area contributed by atoms with Gasteiger partial charge in [-0.1, -0.05) is 109 Å². The van der Waals surface area contributed by atoms with Crippen molar-refractivity contribution in [3.05, 3.63) is 23.9 Å². The van der Waals surface area contributed by atoms with Crippen LogP contribution in [0.1, 0.15) is 143 Å². The highest BCUT2D eigenvalue weighted by Gasteiger charge is 2.50. The predicted molar refractivity (Wildman–Crippen MR) is 178 cm³/mol. The molecule has 0 bridgehead atoms. The number of ether oxygens (including phenoxy) is 2. The van der Waals surface area contributed by atoms with Crippen LogP contribution in [0.4, 0.5) is 0 Å². The van der Waals surface area contributed by atoms with Crippen molar-refractivity contribution < 1.29 is 37.3 Å². The van der Waals surface area contributed by atoms with Gasteiger partial charge in [-0.15, -0.1) is 0 Å². The maximum atomic E-state index is 12.7. The summed E-state index contributed by atoms with van der Waals surface area (Å²) < 4.78 is 35.4. The number of esters is 1. The smallest absolute Gasteiger partial charge is 0.303 e. The number of hydrogen-bond donors (Lipinski definition) is 0. The third kappa shape index (κ3) is 13.9. The summed E-state index contributed by atoms with van der Waals surface area (Å²) in [5.41, 5.74) is 0.971. The van der Waals surface area contributed by atoms with Crippen LogP contribution in [-0.2, 0) is 27.9 Å². The number of nitrogens with zero attached hydrogens (tertiary/aromatic N) is 1. The van der Waals surface area contributed by atoms with Crippen LogP contribution in [0.25, 0.3) is 0 Å². The molecule has 0 aromatic carbocycles. The molecule has 0 amide bonds. The number of hydrogen-bond acceptors (Lipinski definition) is 7. The Morgan fingerprint density at radius 3 is 2.09 bits per heavy atom. The van der Waals surface area contributed by atoms with Crippen molar-refractivity contribution in [2.75, 3.05) is 39.5 Å². The predicted octanol–water partition coefficient (Wildman–Crippen LogP) is 8.54. The average molecular weight is 654 g/mol. The Labute approximate surface area is 274 Å². The second-order valence-electron chi connectivity index (χ2n) is 14.2. The van der Waals surface area contributed by atoms with E-state index in [1.165, 1.54) is 128 Å². The van der Waals surface area contributed by atoms with Crippen molar-refractivity contribution in [3.8, 4) is 0 Å². The summed E-state index contributed by atoms with van der Waals surface area (Å²) in [4.78, 5) is 24.3. The molecule has 0 saturated carbocycles. The van der Waals surface area contributed by atoms with Crippen LogP contribution in [0, 0.1) is 5.41 Å². The summed E-state index contributed by atoms with van der Waals surface area (Å²) in [6, 6.07) is 0.705. The summed E-state index contributed by atoms with van der Waals surface area (Å²) >= 11 is 0. The van der Waals surface area contributed by atoms with Crippen molar-refractivity contribution in [1.82, 2.24) is 0 Å². The van der Waals surface area contributed by atoms with Crippen molar-refractivity contribution in [2.24, 2.45) is 5.41 Å². The van der Waals surface area contributed by atoms with Crippen LogP contribution >= 0.6 is 7.82 Å². The summed E-state index contributed by atoms with van der Waals surface area (Å²) in [6.45, 7) is 8.30. The minimum Gasteiger partial charge on any atom is -0.756 e. The first kappa shape index (κ1) is 38.4. The Bertz CT molecular complexity index is 959. The van der Waals surface area contributed by atoms with Crippen molar-refractivity contribution in [2.45, 2.75) is 155 Å². The Hall–Kier alpha value is -1.02. The highest BCUT2D eigenvalue weighted by atomic mass is 31.2. The summed E-state index contributed by atoms with van der Waals surface area (Å²) in [5.74, 6) is -0.501. The molecule has 2 heterocycles. The zero-order valence-corrected chi connectivity index (χ0v) is 29.7. The van der Waals surface area contributed by atoms with Gasteiger partial charge in [0.2, 0.25) is 0 Å². The molecule has 0 radical (unpaired) electrons. The van der Waals surface area contributed by atoms with Gasteiger partial charge < -0.3 is 23.4 Å². The molecule has 3 atom stereocenters. The molecule has 0 spiro atoms. The van der Waals surface area contributed by atoms with Gasteiger partial charge in [0.05, 0.1) is 39.0 Å². The second-order valence-corrected chi connectivity index (χ2v) is 15.6. The lowest BCUT2D eigenvalue weighted by molar-refractivity contribution is -0.892. The van der Waals surface area contributed by atoms with Gasteiger partial charge in [-0.25, -0.2) is 0 Å². The molecular weight excluding hydrogens is 589 g/mol. The van der Waals surface area contributed by atoms with E-state index >= 15 is 0 Å². The highest BCUT2D eigenvalue weighted by molar-refractivity contribution is 7.45. The molecule has 45 heavy (non-hydrogen) atoms. The molecule has 3 aliphatic rings. The number of allylic oxidation sites excluding steroid dienone is 3. The normalized spacial score (nSPS) is 26.4. The second kappa shape index (κ2) is 20.4. The van der Waals surface area contributed by atoms with E-state index < -0.39 is 25.3 Å². The van der Waals surface area contributed by atoms with Crippen LogP contribution in [0.5, 0.6) is 0 Å². The molecule has 260 valence electrons. The van der Waals surface area contributed by atoms with Crippen LogP contribution in [-0.4, -0.2) is 62.1 Å². The van der Waals surface area contributed by atoms with E-state index in [2.05, 4.69) is 19.1 Å². The molecule has 8 nitrogen and oxygen atoms in total. The first-order valence-electron chi connectivity index (χ1n) is 18.3. The highest BCUT2D eigenvalue weighted by Crippen LogP contribution is 2.48. The minimum absolute atomic E-state index is 0.0140. The first-order valence-corrected chi connectivity index (χ1v) is 19.7. The number of phosphoric ester groups is 1. The fraction of sp³-hybridized carbons (Fsp3) is 0.861. The Balaban J connectivity index is 1.26. The number of fused-ring (bicyclic) bond motifs is 1. The SMILES string of the molecule is CCCCCCCCCCCCCCCCOCC(COP(=O)([O-])OCC1(C)C=CC=C([N+]23CCCC2CCC3)C1)OC(C)=O. The average Bonchev–Trinajstić information content (AvgIpc) is 3.61. The van der Waals surface area contributed by atoms with Gasteiger partial charge in [0.25, 0.3) is 7.82 Å². The van der Waals surface area contributed by atoms with Gasteiger partial charge in [-0.2, -0.15) is 0 Å². The molecular formula is C36H64NO7P. The molecule has 2 fully saturated rings. The van der Waals surface area contributed by atoms with Gasteiger partial charge >= 0.3 is 5.97 Å². The molecule has 0 N–H and O–H groups in total. The molecule has 2 aliphatic heterocycles. The van der Waals surface area contributed by atoms with Crippen molar-refractivity contribution in [3.63, 3.8) is 0 Å². The quantitative estimate of drug-likeness (QED) is 0.0422. The third-order valence-electron chi connectivity index (χ3n) is 10.1. The van der Waals surface area contributed by atoms with E-state index in [0.29, 0.717) is 12.6 Å². The van der Waals surface area contributed by atoms with E-state index in [1.54, 1.807) is 0 Å². The van der Waals surface area contributed by atoms with Gasteiger partial charge in [-0.05, 0) is 12.5 Å². The number of quaternary nitrogens is 1. The zero-order chi connectivity index (χ0) is 32.4. The molecule has 3 unspecified atom stereocenters. The molecule has 3 rings (SSSR count). The number of phosphoric acid groups is 1. The van der Waals surface area contributed by atoms with Crippen LogP contribution in [0.2, 0.25) is 0 Å². The number of carbonyl (C=O) groups is 1. The fourth-order valence-corrected chi connectivity index (χ4v) is 8.46. The van der Waals surface area contributed by atoms with E-state index in [1.807, 2.05) is 13.0 Å². The topological polar surface area (TPSA) is 94.1 Å². The molecule has 2 saturated heterocycles. The van der Waals surface area contributed by atoms with Crippen molar-refractivity contribution >= 4 is 13.8 Å². The molecule has 1 aliphatic carbocycles. The van der Waals surface area contributed by atoms with Gasteiger partial charge in [0.1, 0.15) is 11.8 Å². The molecule has 0 aromatic heterocycles. The van der Waals surface area contributed by atoms with Crippen LogP contribution in [0.3, 0.4) is 0 Å². The lowest BCUT2D eigenvalue weighted by Crippen LogP contribution is -2.48. The van der Waals surface area contributed by atoms with Crippen LogP contribution in [0.15, 0.2) is 23.9 Å². The standard InChI is InChI=1S/C36H64NO7P/c1-4-5-6-7-8-9-10-11-12-13-14-15-16-17-27-41-29-35(44-32(2)38)30-42-45(39,40)43-31-36(3)24-18-21-34(28-36)37-25-19-22-33(37)23-20-26-37/h18,21,24,33,35H,4-17,19-20,22-23,25-31H2,1-3H3. The van der Waals surface area contributed by atoms with E-state index in [9.17, 15) is 14.3 Å². The van der Waals surface area contributed by atoms with Gasteiger partial charge in [0, 0.05) is 51.0 Å². The summed E-state index contributed by atoms with van der Waals surface area (Å²) in [5, 5.41) is 0. The third-order valence-corrected chi connectivity index (χ3v) is 11.0. The maximum absolute atomic E-state index is 12.7. The molecule has 9 heteroatoms. The lowest BCUT2D eigenvalue weighted by atomic mass is 9.82. The number of carbonyl (C=O) groups excluding carboxylic acids is 1. The Kier molecular flexibility index (Phi) is 17.4. The monoisotopic (exact) mass is 653 g/mol. The van der Waals surface area contributed by atoms with E-state index in [4.69, 9.17) is 18.5 Å². The van der Waals surface area contributed by atoms with Crippen LogP contribution < -0.4 is 4.89 Å². The molecule has 0 aromatic rings. The van der Waals surface area contributed by atoms with Gasteiger partial charge in [0.15, 0.2) is 0 Å². The lowest BCUT2D eigenvalue weighted by Gasteiger charge is -2.41. The van der Waals surface area contributed by atoms with Gasteiger partial charge in [-0.3, -0.25) is 13.8 Å². The summed E-state index contributed by atoms with van der Waals surface area (Å²) in [6.07, 6.45) is 29.5. The maximum Gasteiger partial charge on any atom is 0.303 e. The Morgan fingerprint density at radius 1 is 0.933 bits per heavy atom. The largest absolute Gasteiger partial charge is 0.756 e. The zero-order valence-electron chi connectivity index (χ0n) is 28.8. The summed E-state index contributed by atoms with van der Waals surface area (Å²) in [7, 11) is -4.60. The van der Waals surface area contributed by atoms with E-state index in [-0.39, 0.29) is 19.8 Å². The minimum atomic E-state index is -4.60. The Morgan fingerprint density at radius 2 is 1.51 bits per heavy atom.